The number of hydrogen-bond acceptors (Lipinski definition) is 4. The predicted octanol–water partition coefficient (Wildman–Crippen LogP) is 1.39. The number of esters is 1. The first kappa shape index (κ1) is 18.1. The van der Waals surface area contributed by atoms with Crippen molar-refractivity contribution in [1.29, 1.82) is 0 Å². The number of aliphatic carboxylic acids is 1. The Labute approximate surface area is 151 Å². The lowest BCUT2D eigenvalue weighted by atomic mass is 9.90. The van der Waals surface area contributed by atoms with Crippen LogP contribution in [0.15, 0.2) is 53.6 Å². The van der Waals surface area contributed by atoms with Gasteiger partial charge in [-0.3, -0.25) is 9.59 Å². The molecule has 0 amide bonds. The van der Waals surface area contributed by atoms with Crippen molar-refractivity contribution >= 4 is 17.7 Å². The topological polar surface area (TPSA) is 108 Å². The molecule has 4 N–H and O–H groups in total. The molecule has 0 aromatic heterocycles. The van der Waals surface area contributed by atoms with Crippen LogP contribution < -0.4 is 5.73 Å². The van der Waals surface area contributed by atoms with Gasteiger partial charge in [-0.25, -0.2) is 4.79 Å². The van der Waals surface area contributed by atoms with Crippen molar-refractivity contribution in [3.05, 3.63) is 59.2 Å². The van der Waals surface area contributed by atoms with Crippen molar-refractivity contribution < 1.29 is 30.0 Å². The van der Waals surface area contributed by atoms with E-state index in [-0.39, 0.29) is 11.7 Å². The molecule has 1 aromatic rings. The minimum absolute atomic E-state index is 0.0204. The second-order valence-corrected chi connectivity index (χ2v) is 6.75. The van der Waals surface area contributed by atoms with Gasteiger partial charge in [0, 0.05) is 17.1 Å². The van der Waals surface area contributed by atoms with Crippen LogP contribution in [0.25, 0.3) is 0 Å². The molecule has 26 heavy (non-hydrogen) atoms. The van der Waals surface area contributed by atoms with E-state index in [1.54, 1.807) is 18.2 Å². The molecule has 0 bridgehead atoms. The minimum Gasteiger partial charge on any atom is -0.477 e. The average Bonchev–Trinajstić information content (AvgIpc) is 3.22. The van der Waals surface area contributed by atoms with Gasteiger partial charge in [0.05, 0.1) is 5.92 Å². The Bertz CT molecular complexity index is 796. The standard InChI is InChI=1S/C20H21NO5/c1-11(17(21)19(23)24)26-20(25)16-10-8-13-14(16)7-9-15(13)18(22)12-5-3-2-4-6-12/h2-7,9,11,13,16-17H,8,10,21H2,1H3,(H,23,24)/p+1/t11-,13?,16+,17?/m1/s1. The van der Waals surface area contributed by atoms with E-state index in [1.165, 1.54) is 6.92 Å². The molecule has 6 nitrogen and oxygen atoms in total. The molecule has 0 aliphatic heterocycles. The summed E-state index contributed by atoms with van der Waals surface area (Å²) in [6, 6.07) is 8.06. The van der Waals surface area contributed by atoms with Crippen LogP contribution >= 0.6 is 0 Å². The summed E-state index contributed by atoms with van der Waals surface area (Å²) in [5.41, 5.74) is 5.73. The van der Waals surface area contributed by atoms with Crippen LogP contribution in [0.5, 0.6) is 0 Å². The molecule has 0 radical (unpaired) electrons. The molecule has 2 aliphatic carbocycles. The molecule has 4 atom stereocenters. The lowest BCUT2D eigenvalue weighted by molar-refractivity contribution is -0.423. The zero-order valence-corrected chi connectivity index (χ0v) is 14.6. The lowest BCUT2D eigenvalue weighted by Gasteiger charge is -2.18. The zero-order valence-electron chi connectivity index (χ0n) is 14.6. The molecule has 6 heteroatoms. The minimum atomic E-state index is -1.10. The van der Waals surface area contributed by atoms with Crippen LogP contribution in [0.3, 0.4) is 0 Å². The van der Waals surface area contributed by atoms with Gasteiger partial charge in [-0.05, 0) is 25.3 Å². The Hall–Kier alpha value is -2.73. The SMILES string of the molecule is C[C@@H](OC(=O)[C@H]1CCC2C(C(=O)c3ccccc3)=CC=C21)C([NH3+])C(=O)O. The molecule has 0 heterocycles. The predicted molar refractivity (Wildman–Crippen MR) is 93.0 cm³/mol. The molecule has 2 aliphatic rings. The zero-order chi connectivity index (χ0) is 18.8. The van der Waals surface area contributed by atoms with Gasteiger partial charge >= 0.3 is 11.9 Å². The van der Waals surface area contributed by atoms with Gasteiger partial charge in [0.15, 0.2) is 11.9 Å². The third-order valence-electron chi connectivity index (χ3n) is 5.15. The maximum Gasteiger partial charge on any atom is 0.366 e. The van der Waals surface area contributed by atoms with Gasteiger partial charge in [-0.15, -0.1) is 0 Å². The van der Waals surface area contributed by atoms with Gasteiger partial charge < -0.3 is 15.6 Å². The second-order valence-electron chi connectivity index (χ2n) is 6.75. The molecule has 1 saturated carbocycles. The highest BCUT2D eigenvalue weighted by Gasteiger charge is 2.42. The van der Waals surface area contributed by atoms with E-state index < -0.39 is 30.0 Å². The summed E-state index contributed by atoms with van der Waals surface area (Å²) < 4.78 is 5.31. The molecule has 0 saturated heterocycles. The summed E-state index contributed by atoms with van der Waals surface area (Å²) in [7, 11) is 0. The monoisotopic (exact) mass is 356 g/mol. The van der Waals surface area contributed by atoms with Gasteiger partial charge in [-0.1, -0.05) is 42.5 Å². The van der Waals surface area contributed by atoms with Crippen molar-refractivity contribution in [3.8, 4) is 0 Å². The van der Waals surface area contributed by atoms with Crippen molar-refractivity contribution in [3.63, 3.8) is 0 Å². The summed E-state index contributed by atoms with van der Waals surface area (Å²) in [5, 5.41) is 8.97. The van der Waals surface area contributed by atoms with E-state index in [9.17, 15) is 14.4 Å². The molecule has 1 aromatic carbocycles. The van der Waals surface area contributed by atoms with Crippen LogP contribution in [0.2, 0.25) is 0 Å². The number of fused-ring (bicyclic) bond motifs is 1. The number of ketones is 1. The van der Waals surface area contributed by atoms with E-state index in [0.717, 1.165) is 5.57 Å². The summed E-state index contributed by atoms with van der Waals surface area (Å²) in [6.07, 6.45) is 4.12. The summed E-state index contributed by atoms with van der Waals surface area (Å²) in [4.78, 5) is 36.2. The van der Waals surface area contributed by atoms with Crippen LogP contribution in [0, 0.1) is 11.8 Å². The quantitative estimate of drug-likeness (QED) is 0.591. The summed E-state index contributed by atoms with van der Waals surface area (Å²) in [5.74, 6) is -2.06. The molecule has 1 fully saturated rings. The molecule has 3 rings (SSSR count). The van der Waals surface area contributed by atoms with Crippen molar-refractivity contribution in [2.75, 3.05) is 0 Å². The number of carbonyl (C=O) groups is 3. The van der Waals surface area contributed by atoms with Crippen molar-refractivity contribution in [2.24, 2.45) is 11.8 Å². The van der Waals surface area contributed by atoms with Gasteiger partial charge in [0.2, 0.25) is 6.04 Å². The fourth-order valence-corrected chi connectivity index (χ4v) is 3.57. The highest BCUT2D eigenvalue weighted by atomic mass is 16.5. The molecule has 2 unspecified atom stereocenters. The van der Waals surface area contributed by atoms with E-state index in [0.29, 0.717) is 24.0 Å². The first-order valence-corrected chi connectivity index (χ1v) is 8.68. The highest BCUT2D eigenvalue weighted by molar-refractivity contribution is 6.10. The number of allylic oxidation sites excluding steroid dienone is 3. The molecular formula is C20H22NO5+. The van der Waals surface area contributed by atoms with E-state index >= 15 is 0 Å². The Morgan fingerprint density at radius 3 is 2.50 bits per heavy atom. The van der Waals surface area contributed by atoms with Crippen LogP contribution in [-0.2, 0) is 14.3 Å². The normalized spacial score (nSPS) is 23.5. The molecular weight excluding hydrogens is 334 g/mol. The summed E-state index contributed by atoms with van der Waals surface area (Å²) >= 11 is 0. The van der Waals surface area contributed by atoms with E-state index in [1.807, 2.05) is 24.3 Å². The first-order valence-electron chi connectivity index (χ1n) is 8.68. The molecule has 136 valence electrons. The number of quaternary nitrogens is 1. The van der Waals surface area contributed by atoms with E-state index in [4.69, 9.17) is 9.84 Å². The first-order chi connectivity index (χ1) is 12.4. The number of carboxylic acids is 1. The third-order valence-corrected chi connectivity index (χ3v) is 5.15. The number of rotatable bonds is 6. The number of Topliss-reactive ketones (excluding diaryl/α,β-unsaturated/α-hetero) is 1. The van der Waals surface area contributed by atoms with Crippen LogP contribution in [-0.4, -0.2) is 35.0 Å². The second kappa shape index (κ2) is 7.25. The van der Waals surface area contributed by atoms with E-state index in [2.05, 4.69) is 5.73 Å². The van der Waals surface area contributed by atoms with Crippen molar-refractivity contribution in [2.45, 2.75) is 31.9 Å². The smallest absolute Gasteiger partial charge is 0.366 e. The Morgan fingerprint density at radius 2 is 1.85 bits per heavy atom. The van der Waals surface area contributed by atoms with Gasteiger partial charge in [0.25, 0.3) is 0 Å². The van der Waals surface area contributed by atoms with Crippen LogP contribution in [0.1, 0.15) is 30.1 Å². The number of carbonyl (C=O) groups excluding carboxylic acids is 2. The Balaban J connectivity index is 1.67. The van der Waals surface area contributed by atoms with Crippen molar-refractivity contribution in [1.82, 2.24) is 0 Å². The highest BCUT2D eigenvalue weighted by Crippen LogP contribution is 2.45. The van der Waals surface area contributed by atoms with Gasteiger partial charge in [0.1, 0.15) is 0 Å². The fraction of sp³-hybridized carbons (Fsp3) is 0.350. The number of hydrogen-bond donors (Lipinski definition) is 2. The number of ether oxygens (including phenoxy) is 1. The fourth-order valence-electron chi connectivity index (χ4n) is 3.57. The third kappa shape index (κ3) is 3.32. The molecule has 0 spiro atoms. The summed E-state index contributed by atoms with van der Waals surface area (Å²) in [6.45, 7) is 1.53. The maximum atomic E-state index is 12.7. The van der Waals surface area contributed by atoms with Crippen LogP contribution in [0.4, 0.5) is 0 Å². The number of carboxylic acid groups (broad SMARTS) is 1. The lowest BCUT2D eigenvalue weighted by Crippen LogP contribution is -2.70. The largest absolute Gasteiger partial charge is 0.477 e. The maximum absolute atomic E-state index is 12.7. The van der Waals surface area contributed by atoms with Gasteiger partial charge in [-0.2, -0.15) is 0 Å². The Morgan fingerprint density at radius 1 is 1.15 bits per heavy atom. The Kier molecular flexibility index (Phi) is 5.04. The average molecular weight is 356 g/mol. The number of benzene rings is 1.